The maximum Gasteiger partial charge on any atom is 0.405 e. The summed E-state index contributed by atoms with van der Waals surface area (Å²) in [5.41, 5.74) is 0.872. The largest absolute Gasteiger partial charge is 0.490 e. The van der Waals surface area contributed by atoms with Crippen LogP contribution in [-0.4, -0.2) is 67.2 Å². The molecule has 2 heterocycles. The van der Waals surface area contributed by atoms with Crippen molar-refractivity contribution in [3.05, 3.63) is 23.8 Å². The summed E-state index contributed by atoms with van der Waals surface area (Å²) in [6, 6.07) is 4.63. The summed E-state index contributed by atoms with van der Waals surface area (Å²) in [5, 5.41) is 4.77. The zero-order chi connectivity index (χ0) is 25.2. The minimum absolute atomic E-state index is 0.00438. The van der Waals surface area contributed by atoms with E-state index in [9.17, 15) is 27.6 Å². The van der Waals surface area contributed by atoms with Gasteiger partial charge in [-0.25, -0.2) is 0 Å². The lowest BCUT2D eigenvalue weighted by atomic mass is 9.94. The van der Waals surface area contributed by atoms with Gasteiger partial charge in [0.2, 0.25) is 11.8 Å². The predicted molar refractivity (Wildman–Crippen MR) is 120 cm³/mol. The maximum atomic E-state index is 13.3. The number of likely N-dealkylation sites (N-methyl/N-ethyl adjacent to an activating group) is 1. The number of carbonyl (C=O) groups is 3. The summed E-state index contributed by atoms with van der Waals surface area (Å²) >= 11 is 0. The molecule has 0 radical (unpaired) electrons. The number of halogens is 3. The average molecular weight is 498 g/mol. The summed E-state index contributed by atoms with van der Waals surface area (Å²) in [5.74, 6) is -0.708. The van der Waals surface area contributed by atoms with Crippen LogP contribution in [0.1, 0.15) is 55.3 Å². The number of anilines is 1. The van der Waals surface area contributed by atoms with Crippen LogP contribution in [-0.2, 0) is 14.3 Å². The van der Waals surface area contributed by atoms with Gasteiger partial charge in [0, 0.05) is 18.7 Å². The van der Waals surface area contributed by atoms with E-state index >= 15 is 0 Å². The van der Waals surface area contributed by atoms with E-state index in [1.54, 1.807) is 30.1 Å². The standard InChI is InChI=1S/C24H30F3N3O5/c1-30-18-8-7-16(11-21(31)28-13-24(25,26)27)35-20(18)12-34-19-9-6-15(10-17(19)23(30)33)29-22(32)14-4-2-3-5-14/h6,9-10,14,16,18,20H,2-5,7-8,11-13H2,1H3,(H,28,31)(H,29,32)/t16-,18-,20+/m1/s1. The number of rotatable bonds is 5. The van der Waals surface area contributed by atoms with Gasteiger partial charge in [0.1, 0.15) is 25.0 Å². The topological polar surface area (TPSA) is 97.0 Å². The van der Waals surface area contributed by atoms with Crippen LogP contribution in [0.4, 0.5) is 18.9 Å². The number of hydrogen-bond acceptors (Lipinski definition) is 5. The molecule has 1 aromatic carbocycles. The Labute approximate surface area is 201 Å². The highest BCUT2D eigenvalue weighted by molar-refractivity contribution is 6.00. The van der Waals surface area contributed by atoms with Crippen molar-refractivity contribution in [3.8, 4) is 5.75 Å². The molecule has 1 aliphatic carbocycles. The molecule has 2 aliphatic heterocycles. The Kier molecular flexibility index (Phi) is 7.53. The van der Waals surface area contributed by atoms with Crippen molar-refractivity contribution in [2.75, 3.05) is 25.5 Å². The smallest absolute Gasteiger partial charge is 0.405 e. The van der Waals surface area contributed by atoms with E-state index < -0.39 is 30.8 Å². The lowest BCUT2D eigenvalue weighted by molar-refractivity contribution is -0.144. The normalized spacial score (nSPS) is 25.1. The van der Waals surface area contributed by atoms with Crippen molar-refractivity contribution in [1.82, 2.24) is 10.2 Å². The third kappa shape index (κ3) is 6.25. The molecule has 4 rings (SSSR count). The molecule has 1 saturated carbocycles. The molecule has 35 heavy (non-hydrogen) atoms. The number of hydrogen-bond donors (Lipinski definition) is 2. The highest BCUT2D eigenvalue weighted by Gasteiger charge is 2.39. The van der Waals surface area contributed by atoms with Crippen molar-refractivity contribution >= 4 is 23.4 Å². The number of nitrogens with zero attached hydrogens (tertiary/aromatic N) is 1. The van der Waals surface area contributed by atoms with Gasteiger partial charge < -0.3 is 25.0 Å². The van der Waals surface area contributed by atoms with Crippen LogP contribution in [0.5, 0.6) is 5.75 Å². The fourth-order valence-corrected chi connectivity index (χ4v) is 5.02. The summed E-state index contributed by atoms with van der Waals surface area (Å²) in [4.78, 5) is 39.3. The molecule has 0 unspecified atom stereocenters. The zero-order valence-electron chi connectivity index (χ0n) is 19.5. The number of benzene rings is 1. The number of fused-ring (bicyclic) bond motifs is 2. The Morgan fingerprint density at radius 2 is 1.89 bits per heavy atom. The van der Waals surface area contributed by atoms with Crippen LogP contribution in [0, 0.1) is 5.92 Å². The lowest BCUT2D eigenvalue weighted by Crippen LogP contribution is -2.54. The van der Waals surface area contributed by atoms with E-state index in [1.165, 1.54) is 0 Å². The maximum absolute atomic E-state index is 13.3. The van der Waals surface area contributed by atoms with Crippen molar-refractivity contribution in [2.45, 2.75) is 69.4 Å². The lowest BCUT2D eigenvalue weighted by Gasteiger charge is -2.42. The zero-order valence-corrected chi connectivity index (χ0v) is 19.5. The third-order valence-electron chi connectivity index (χ3n) is 6.90. The van der Waals surface area contributed by atoms with Crippen molar-refractivity contribution in [1.29, 1.82) is 0 Å². The quantitative estimate of drug-likeness (QED) is 0.651. The SMILES string of the molecule is CN1C(=O)c2cc(NC(=O)C3CCCC3)ccc2OC[C@@H]2O[C@@H](CC(=O)NCC(F)(F)F)CC[C@H]21. The molecule has 3 aliphatic rings. The first-order valence-corrected chi connectivity index (χ1v) is 11.9. The van der Waals surface area contributed by atoms with Gasteiger partial charge in [0.15, 0.2) is 0 Å². The molecule has 8 nitrogen and oxygen atoms in total. The number of carbonyl (C=O) groups excluding carboxylic acids is 3. The van der Waals surface area contributed by atoms with Gasteiger partial charge in [0.25, 0.3) is 5.91 Å². The van der Waals surface area contributed by atoms with Crippen LogP contribution in [0.25, 0.3) is 0 Å². The summed E-state index contributed by atoms with van der Waals surface area (Å²) in [6.45, 7) is -1.27. The van der Waals surface area contributed by atoms with Gasteiger partial charge >= 0.3 is 6.18 Å². The van der Waals surface area contributed by atoms with Crippen LogP contribution in [0.2, 0.25) is 0 Å². The molecule has 2 fully saturated rings. The van der Waals surface area contributed by atoms with Crippen LogP contribution < -0.4 is 15.4 Å². The molecule has 1 aromatic rings. The Balaban J connectivity index is 1.41. The summed E-state index contributed by atoms with van der Waals surface area (Å²) < 4.78 is 48.9. The van der Waals surface area contributed by atoms with Gasteiger partial charge in [0.05, 0.1) is 24.1 Å². The van der Waals surface area contributed by atoms with E-state index in [-0.39, 0.29) is 36.8 Å². The van der Waals surface area contributed by atoms with E-state index in [0.29, 0.717) is 29.8 Å². The molecule has 3 atom stereocenters. The van der Waals surface area contributed by atoms with E-state index in [2.05, 4.69) is 5.32 Å². The van der Waals surface area contributed by atoms with Gasteiger partial charge in [-0.1, -0.05) is 12.8 Å². The summed E-state index contributed by atoms with van der Waals surface area (Å²) in [7, 11) is 1.67. The summed E-state index contributed by atoms with van der Waals surface area (Å²) in [6.07, 6.45) is -1.01. The molecule has 0 spiro atoms. The second-order valence-electron chi connectivity index (χ2n) is 9.45. The second-order valence-corrected chi connectivity index (χ2v) is 9.45. The van der Waals surface area contributed by atoms with E-state index in [4.69, 9.17) is 9.47 Å². The predicted octanol–water partition coefficient (Wildman–Crippen LogP) is 3.26. The second kappa shape index (κ2) is 10.4. The van der Waals surface area contributed by atoms with Gasteiger partial charge in [-0.05, 0) is 43.9 Å². The molecule has 0 bridgehead atoms. The first-order chi connectivity index (χ1) is 16.6. The minimum atomic E-state index is -4.48. The van der Waals surface area contributed by atoms with Crippen LogP contribution in [0.15, 0.2) is 18.2 Å². The van der Waals surface area contributed by atoms with Crippen molar-refractivity contribution in [2.24, 2.45) is 5.92 Å². The Morgan fingerprint density at radius 3 is 2.60 bits per heavy atom. The number of ether oxygens (including phenoxy) is 2. The van der Waals surface area contributed by atoms with E-state index in [0.717, 1.165) is 25.7 Å². The molecule has 0 aromatic heterocycles. The molecule has 2 N–H and O–H groups in total. The first-order valence-electron chi connectivity index (χ1n) is 11.9. The molecule has 3 amide bonds. The number of alkyl halides is 3. The molecular formula is C24H30F3N3O5. The number of nitrogens with one attached hydrogen (secondary N) is 2. The van der Waals surface area contributed by atoms with Crippen molar-refractivity contribution in [3.63, 3.8) is 0 Å². The Bertz CT molecular complexity index is 964. The van der Waals surface area contributed by atoms with Gasteiger partial charge in [-0.15, -0.1) is 0 Å². The van der Waals surface area contributed by atoms with Crippen LogP contribution >= 0.6 is 0 Å². The van der Waals surface area contributed by atoms with E-state index in [1.807, 2.05) is 5.32 Å². The fourth-order valence-electron chi connectivity index (χ4n) is 5.02. The Morgan fingerprint density at radius 1 is 1.14 bits per heavy atom. The molecule has 1 saturated heterocycles. The average Bonchev–Trinajstić information content (AvgIpc) is 3.35. The highest BCUT2D eigenvalue weighted by Crippen LogP contribution is 2.33. The molecular weight excluding hydrogens is 467 g/mol. The van der Waals surface area contributed by atoms with Gasteiger partial charge in [-0.3, -0.25) is 14.4 Å². The van der Waals surface area contributed by atoms with Crippen LogP contribution in [0.3, 0.4) is 0 Å². The molecule has 192 valence electrons. The monoisotopic (exact) mass is 497 g/mol. The molecule has 11 heteroatoms. The third-order valence-corrected chi connectivity index (χ3v) is 6.90. The van der Waals surface area contributed by atoms with Gasteiger partial charge in [-0.2, -0.15) is 13.2 Å². The minimum Gasteiger partial charge on any atom is -0.490 e. The number of amides is 3. The first kappa shape index (κ1) is 25.3. The Hall–Kier alpha value is -2.82. The fraction of sp³-hybridized carbons (Fsp3) is 0.625. The van der Waals surface area contributed by atoms with Crippen molar-refractivity contribution < 1.29 is 37.0 Å². The highest BCUT2D eigenvalue weighted by atomic mass is 19.4.